The summed E-state index contributed by atoms with van der Waals surface area (Å²) in [4.78, 5) is 3.36. The van der Waals surface area contributed by atoms with Crippen LogP contribution in [-0.4, -0.2) is 30.0 Å². The first-order chi connectivity index (χ1) is 9.05. The maximum Gasteiger partial charge on any atom is 0.434 e. The maximum atomic E-state index is 12.3. The molecule has 1 heterocycles. The van der Waals surface area contributed by atoms with Crippen LogP contribution in [0.4, 0.5) is 32.0 Å². The van der Waals surface area contributed by atoms with Crippen LogP contribution >= 0.6 is 0 Å². The Morgan fingerprint density at radius 2 is 1.70 bits per heavy atom. The van der Waals surface area contributed by atoms with Gasteiger partial charge < -0.3 is 15.2 Å². The molecule has 0 bridgehead atoms. The average molecular weight is 304 g/mol. The Morgan fingerprint density at radius 3 is 2.15 bits per heavy atom. The topological polar surface area (TPSA) is 57.4 Å². The van der Waals surface area contributed by atoms with Crippen molar-refractivity contribution in [3.8, 4) is 11.8 Å². The number of pyridine rings is 1. The van der Waals surface area contributed by atoms with Crippen molar-refractivity contribution in [2.75, 3.05) is 12.3 Å². The second kappa shape index (κ2) is 5.63. The standard InChI is InChI=1S/C10H10F6N2O2/c1-2-19-7-5(17)3-4-6(18-7)20-8(9(11,12)13)10(14,15)16/h3-4,8H,2,17H2,1H3. The molecule has 1 aromatic heterocycles. The normalized spacial score (nSPS) is 12.6. The van der Waals surface area contributed by atoms with Gasteiger partial charge in [0.2, 0.25) is 11.8 Å². The van der Waals surface area contributed by atoms with Crippen LogP contribution in [-0.2, 0) is 0 Å². The molecule has 0 fully saturated rings. The second-order valence-corrected chi connectivity index (χ2v) is 3.56. The third-order valence-electron chi connectivity index (χ3n) is 1.98. The van der Waals surface area contributed by atoms with Gasteiger partial charge in [0.05, 0.1) is 12.3 Å². The quantitative estimate of drug-likeness (QED) is 0.869. The Balaban J connectivity index is 3.03. The van der Waals surface area contributed by atoms with Crippen molar-refractivity contribution in [3.63, 3.8) is 0 Å². The van der Waals surface area contributed by atoms with Gasteiger partial charge >= 0.3 is 12.4 Å². The highest BCUT2D eigenvalue weighted by molar-refractivity contribution is 5.49. The van der Waals surface area contributed by atoms with Crippen molar-refractivity contribution in [1.82, 2.24) is 4.98 Å². The molecule has 114 valence electrons. The lowest BCUT2D eigenvalue weighted by molar-refractivity contribution is -0.300. The Labute approximate surface area is 109 Å². The van der Waals surface area contributed by atoms with E-state index < -0.39 is 24.3 Å². The maximum absolute atomic E-state index is 12.3. The summed E-state index contributed by atoms with van der Waals surface area (Å²) in [6, 6.07) is 1.83. The summed E-state index contributed by atoms with van der Waals surface area (Å²) >= 11 is 0. The molecule has 0 aliphatic rings. The molecule has 20 heavy (non-hydrogen) atoms. The lowest BCUT2D eigenvalue weighted by Gasteiger charge is -2.23. The third kappa shape index (κ3) is 4.07. The highest BCUT2D eigenvalue weighted by Crippen LogP contribution is 2.36. The van der Waals surface area contributed by atoms with E-state index in [1.165, 1.54) is 0 Å². The number of alkyl halides is 6. The Kier molecular flexibility index (Phi) is 4.56. The van der Waals surface area contributed by atoms with Crippen LogP contribution in [0.5, 0.6) is 11.8 Å². The van der Waals surface area contributed by atoms with E-state index in [0.717, 1.165) is 12.1 Å². The van der Waals surface area contributed by atoms with Crippen molar-refractivity contribution in [2.45, 2.75) is 25.4 Å². The molecule has 0 aliphatic heterocycles. The molecule has 0 aliphatic carbocycles. The van der Waals surface area contributed by atoms with Gasteiger partial charge in [0, 0.05) is 6.07 Å². The molecule has 4 nitrogen and oxygen atoms in total. The lowest BCUT2D eigenvalue weighted by Crippen LogP contribution is -2.46. The number of anilines is 1. The van der Waals surface area contributed by atoms with Crippen molar-refractivity contribution in [1.29, 1.82) is 0 Å². The molecular formula is C10H10F6N2O2. The van der Waals surface area contributed by atoms with Crippen molar-refractivity contribution in [2.24, 2.45) is 0 Å². The Morgan fingerprint density at radius 1 is 1.15 bits per heavy atom. The number of hydrogen-bond acceptors (Lipinski definition) is 4. The van der Waals surface area contributed by atoms with Gasteiger partial charge in [-0.2, -0.15) is 31.3 Å². The SMILES string of the molecule is CCOc1nc(OC(C(F)(F)F)C(F)(F)F)ccc1N. The molecule has 2 N–H and O–H groups in total. The van der Waals surface area contributed by atoms with Crippen LogP contribution < -0.4 is 15.2 Å². The molecule has 0 saturated heterocycles. The van der Waals surface area contributed by atoms with Crippen LogP contribution in [0.25, 0.3) is 0 Å². The van der Waals surface area contributed by atoms with Gasteiger partial charge in [-0.25, -0.2) is 0 Å². The van der Waals surface area contributed by atoms with E-state index in [0.29, 0.717) is 0 Å². The second-order valence-electron chi connectivity index (χ2n) is 3.56. The molecule has 0 amide bonds. The minimum Gasteiger partial charge on any atom is -0.476 e. The number of nitrogen functional groups attached to an aromatic ring is 1. The number of nitrogens with zero attached hydrogens (tertiary/aromatic N) is 1. The lowest BCUT2D eigenvalue weighted by atomic mass is 10.3. The number of nitrogens with two attached hydrogens (primary N) is 1. The highest BCUT2D eigenvalue weighted by Gasteiger charge is 2.59. The molecular weight excluding hydrogens is 294 g/mol. The van der Waals surface area contributed by atoms with Crippen molar-refractivity contribution < 1.29 is 35.8 Å². The average Bonchev–Trinajstić information content (AvgIpc) is 2.27. The zero-order valence-corrected chi connectivity index (χ0v) is 10.0. The fraction of sp³-hybridized carbons (Fsp3) is 0.500. The van der Waals surface area contributed by atoms with Crippen LogP contribution in [0.1, 0.15) is 6.92 Å². The first kappa shape index (κ1) is 16.2. The van der Waals surface area contributed by atoms with E-state index >= 15 is 0 Å². The fourth-order valence-corrected chi connectivity index (χ4v) is 1.19. The van der Waals surface area contributed by atoms with Crippen LogP contribution in [0.15, 0.2) is 12.1 Å². The largest absolute Gasteiger partial charge is 0.476 e. The molecule has 0 saturated carbocycles. The predicted molar refractivity (Wildman–Crippen MR) is 56.3 cm³/mol. The molecule has 0 atom stereocenters. The fourth-order valence-electron chi connectivity index (χ4n) is 1.19. The van der Waals surface area contributed by atoms with E-state index in [-0.39, 0.29) is 18.2 Å². The molecule has 0 aromatic carbocycles. The van der Waals surface area contributed by atoms with Crippen LogP contribution in [0.2, 0.25) is 0 Å². The Bertz CT molecular complexity index is 446. The van der Waals surface area contributed by atoms with Gasteiger partial charge in [-0.1, -0.05) is 0 Å². The van der Waals surface area contributed by atoms with E-state index in [9.17, 15) is 26.3 Å². The minimum absolute atomic E-state index is 0.0326. The first-order valence-electron chi connectivity index (χ1n) is 5.25. The molecule has 1 rings (SSSR count). The first-order valence-corrected chi connectivity index (χ1v) is 5.25. The van der Waals surface area contributed by atoms with Crippen LogP contribution in [0, 0.1) is 0 Å². The number of ether oxygens (including phenoxy) is 2. The number of hydrogen-bond donors (Lipinski definition) is 1. The zero-order valence-electron chi connectivity index (χ0n) is 10.0. The molecule has 1 aromatic rings. The number of rotatable bonds is 4. The predicted octanol–water partition coefficient (Wildman–Crippen LogP) is 2.93. The van der Waals surface area contributed by atoms with Crippen molar-refractivity contribution in [3.05, 3.63) is 12.1 Å². The van der Waals surface area contributed by atoms with Gasteiger partial charge in [-0.05, 0) is 13.0 Å². The van der Waals surface area contributed by atoms with E-state index in [2.05, 4.69) is 9.72 Å². The number of halogens is 6. The van der Waals surface area contributed by atoms with E-state index in [4.69, 9.17) is 10.5 Å². The summed E-state index contributed by atoms with van der Waals surface area (Å²) < 4.78 is 82.5. The molecule has 0 spiro atoms. The smallest absolute Gasteiger partial charge is 0.434 e. The third-order valence-corrected chi connectivity index (χ3v) is 1.98. The molecule has 0 unspecified atom stereocenters. The summed E-state index contributed by atoms with van der Waals surface area (Å²) in [5.41, 5.74) is 5.36. The number of aromatic nitrogens is 1. The summed E-state index contributed by atoms with van der Waals surface area (Å²) in [5.74, 6) is -1.18. The van der Waals surface area contributed by atoms with E-state index in [1.54, 1.807) is 6.92 Å². The summed E-state index contributed by atoms with van der Waals surface area (Å²) in [6.45, 7) is 1.63. The minimum atomic E-state index is -5.62. The molecule has 0 radical (unpaired) electrons. The van der Waals surface area contributed by atoms with Gasteiger partial charge in [0.15, 0.2) is 0 Å². The summed E-state index contributed by atoms with van der Waals surface area (Å²) in [6.07, 6.45) is -15.2. The van der Waals surface area contributed by atoms with Gasteiger partial charge in [0.1, 0.15) is 0 Å². The van der Waals surface area contributed by atoms with Gasteiger partial charge in [0.25, 0.3) is 6.10 Å². The van der Waals surface area contributed by atoms with Gasteiger partial charge in [-0.3, -0.25) is 0 Å². The van der Waals surface area contributed by atoms with E-state index in [1.807, 2.05) is 0 Å². The highest BCUT2D eigenvalue weighted by atomic mass is 19.4. The Hall–Kier alpha value is -1.87. The van der Waals surface area contributed by atoms with Gasteiger partial charge in [-0.15, -0.1) is 0 Å². The zero-order chi connectivity index (χ0) is 15.6. The van der Waals surface area contributed by atoms with Crippen molar-refractivity contribution >= 4 is 5.69 Å². The molecule has 10 heteroatoms. The van der Waals surface area contributed by atoms with Crippen LogP contribution in [0.3, 0.4) is 0 Å². The summed E-state index contributed by atoms with van der Waals surface area (Å²) in [7, 11) is 0. The summed E-state index contributed by atoms with van der Waals surface area (Å²) in [5, 5.41) is 0. The monoisotopic (exact) mass is 304 g/mol.